The molecule has 0 aliphatic rings. The maximum absolute atomic E-state index is 14.7. The van der Waals surface area contributed by atoms with Crippen molar-refractivity contribution in [2.75, 3.05) is 22.5 Å². The Morgan fingerprint density at radius 2 is 1.62 bits per heavy atom. The van der Waals surface area contributed by atoms with Gasteiger partial charge in [0.2, 0.25) is 10.0 Å². The molecule has 8 nitrogen and oxygen atoms in total. The van der Waals surface area contributed by atoms with Gasteiger partial charge < -0.3 is 19.5 Å². The van der Waals surface area contributed by atoms with Gasteiger partial charge in [-0.3, -0.25) is 4.72 Å². The number of benzene rings is 4. The third-order valence-corrected chi connectivity index (χ3v) is 8.13. The lowest BCUT2D eigenvalue weighted by atomic mass is 10.1. The van der Waals surface area contributed by atoms with Gasteiger partial charge in [-0.1, -0.05) is 56.5 Å². The number of halogens is 2. The minimum Gasteiger partial charge on any atom is -0.481 e. The number of hydrogen-bond donors (Lipinski definition) is 2. The summed E-state index contributed by atoms with van der Waals surface area (Å²) in [4.78, 5) is 13.0. The third-order valence-electron chi connectivity index (χ3n) is 7.54. The lowest BCUT2D eigenvalue weighted by Gasteiger charge is -2.28. The molecule has 0 bridgehead atoms. The first kappa shape index (κ1) is 35.2. The largest absolute Gasteiger partial charge is 0.481 e. The topological polar surface area (TPSA) is 105 Å². The number of aliphatic carboxylic acids is 1. The fraction of sp³-hybridized carbons (Fsp3) is 0.306. The van der Waals surface area contributed by atoms with Crippen LogP contribution in [0.1, 0.15) is 54.9 Å². The second-order valence-corrected chi connectivity index (χ2v) is 13.2. The van der Waals surface area contributed by atoms with Gasteiger partial charge in [-0.25, -0.2) is 22.0 Å². The molecule has 0 aliphatic heterocycles. The van der Waals surface area contributed by atoms with Crippen molar-refractivity contribution in [2.45, 2.75) is 59.0 Å². The molecule has 11 heteroatoms. The van der Waals surface area contributed by atoms with Gasteiger partial charge in [0.15, 0.2) is 6.61 Å². The maximum Gasteiger partial charge on any atom is 0.341 e. The van der Waals surface area contributed by atoms with E-state index in [9.17, 15) is 22.0 Å². The predicted molar refractivity (Wildman–Crippen MR) is 180 cm³/mol. The van der Waals surface area contributed by atoms with Crippen molar-refractivity contribution < 1.29 is 36.6 Å². The zero-order valence-electron chi connectivity index (χ0n) is 26.8. The van der Waals surface area contributed by atoms with Crippen molar-refractivity contribution in [1.29, 1.82) is 0 Å². The molecular formula is C36H40F2N2O6S. The van der Waals surface area contributed by atoms with Crippen molar-refractivity contribution >= 4 is 27.4 Å². The number of nitrogens with zero attached hydrogens (tertiary/aromatic N) is 1. The van der Waals surface area contributed by atoms with Crippen LogP contribution in [0.2, 0.25) is 0 Å². The highest BCUT2D eigenvalue weighted by Crippen LogP contribution is 2.32. The molecule has 0 saturated heterocycles. The Balaban J connectivity index is 1.56. The first-order valence-corrected chi connectivity index (χ1v) is 17.3. The summed E-state index contributed by atoms with van der Waals surface area (Å²) in [6.45, 7) is 3.88. The van der Waals surface area contributed by atoms with Gasteiger partial charge in [-0.2, -0.15) is 0 Å². The van der Waals surface area contributed by atoms with Crippen LogP contribution in [0, 0.1) is 18.6 Å². The maximum atomic E-state index is 14.7. The molecule has 4 aromatic carbocycles. The molecule has 0 atom stereocenters. The fourth-order valence-corrected chi connectivity index (χ4v) is 5.82. The van der Waals surface area contributed by atoms with Crippen LogP contribution in [0.5, 0.6) is 17.2 Å². The highest BCUT2D eigenvalue weighted by Gasteiger charge is 2.17. The number of ether oxygens (including phenoxy) is 2. The smallest absolute Gasteiger partial charge is 0.341 e. The lowest BCUT2D eigenvalue weighted by Crippen LogP contribution is -2.24. The van der Waals surface area contributed by atoms with E-state index in [2.05, 4.69) is 11.6 Å². The normalized spacial score (nSPS) is 11.3. The van der Waals surface area contributed by atoms with Crippen molar-refractivity contribution in [3.8, 4) is 17.2 Å². The van der Waals surface area contributed by atoms with Gasteiger partial charge in [-0.05, 0) is 72.9 Å². The summed E-state index contributed by atoms with van der Waals surface area (Å²) in [6.07, 6.45) is 6.15. The van der Waals surface area contributed by atoms with Gasteiger partial charge >= 0.3 is 5.97 Å². The second kappa shape index (κ2) is 16.3. The zero-order chi connectivity index (χ0) is 34.0. The molecule has 0 saturated carbocycles. The highest BCUT2D eigenvalue weighted by molar-refractivity contribution is 7.92. The Morgan fingerprint density at radius 3 is 2.30 bits per heavy atom. The van der Waals surface area contributed by atoms with Gasteiger partial charge in [0.25, 0.3) is 0 Å². The average Bonchev–Trinajstić information content (AvgIpc) is 3.01. The number of carbonyl (C=O) groups is 1. The minimum absolute atomic E-state index is 0.0947. The number of carboxylic acid groups (broad SMARTS) is 1. The molecule has 0 amide bonds. The molecule has 250 valence electrons. The van der Waals surface area contributed by atoms with E-state index in [0.29, 0.717) is 40.7 Å². The Bertz CT molecular complexity index is 1780. The standard InChI is InChI=1S/C36H40F2N2O6S/c1-4-5-6-7-9-27-15-19-31(21-35(27)45-24-36(41)42)46-30-17-12-26(13-18-30)22-40(23-28-14-16-29(37)20-32(28)38)34-11-8-10-33(25(34)2)39-47(3,43)44/h8,10-21,39H,4-7,9,22-24H2,1-3H3,(H,41,42). The predicted octanol–water partition coefficient (Wildman–Crippen LogP) is 8.23. The SMILES string of the molecule is CCCCCCc1ccc(Oc2ccc(CN(Cc3ccc(F)cc3F)c3cccc(NS(C)(=O)=O)c3C)cc2)cc1OCC(=O)O. The zero-order valence-corrected chi connectivity index (χ0v) is 27.6. The number of carboxylic acids is 1. The van der Waals surface area contributed by atoms with Crippen LogP contribution < -0.4 is 19.1 Å². The summed E-state index contributed by atoms with van der Waals surface area (Å²) < 4.78 is 66.5. The van der Waals surface area contributed by atoms with Gasteiger partial charge in [0, 0.05) is 36.5 Å². The Labute approximate surface area is 275 Å². The third kappa shape index (κ3) is 10.7. The van der Waals surface area contributed by atoms with Gasteiger partial charge in [0.05, 0.1) is 11.9 Å². The monoisotopic (exact) mass is 666 g/mol. The number of aryl methyl sites for hydroxylation is 1. The molecule has 0 aliphatic carbocycles. The molecule has 0 radical (unpaired) electrons. The summed E-state index contributed by atoms with van der Waals surface area (Å²) in [7, 11) is -3.54. The number of sulfonamides is 1. The second-order valence-electron chi connectivity index (χ2n) is 11.4. The van der Waals surface area contributed by atoms with Crippen LogP contribution in [0.4, 0.5) is 20.2 Å². The van der Waals surface area contributed by atoms with Crippen LogP contribution in [0.3, 0.4) is 0 Å². The summed E-state index contributed by atoms with van der Waals surface area (Å²) in [6, 6.07) is 21.4. The number of rotatable bonds is 17. The molecule has 2 N–H and O–H groups in total. The van der Waals surface area contributed by atoms with Crippen LogP contribution in [-0.4, -0.2) is 32.4 Å². The first-order chi connectivity index (χ1) is 22.4. The fourth-order valence-electron chi connectivity index (χ4n) is 5.20. The quantitative estimate of drug-likeness (QED) is 0.109. The van der Waals surface area contributed by atoms with Crippen LogP contribution in [0.25, 0.3) is 0 Å². The average molecular weight is 667 g/mol. The van der Waals surface area contributed by atoms with Crippen molar-refractivity contribution in [3.63, 3.8) is 0 Å². The Hall–Kier alpha value is -4.64. The van der Waals surface area contributed by atoms with Crippen LogP contribution in [0.15, 0.2) is 78.9 Å². The number of unbranched alkanes of at least 4 members (excludes halogenated alkanes) is 3. The number of hydrogen-bond acceptors (Lipinski definition) is 6. The highest BCUT2D eigenvalue weighted by atomic mass is 32.2. The molecule has 4 aromatic rings. The van der Waals surface area contributed by atoms with E-state index in [1.165, 1.54) is 12.1 Å². The first-order valence-electron chi connectivity index (χ1n) is 15.4. The lowest BCUT2D eigenvalue weighted by molar-refractivity contribution is -0.139. The van der Waals surface area contributed by atoms with E-state index >= 15 is 0 Å². The van der Waals surface area contributed by atoms with E-state index in [0.717, 1.165) is 55.6 Å². The number of anilines is 2. The summed E-state index contributed by atoms with van der Waals surface area (Å²) in [5, 5.41) is 9.14. The molecule has 0 fully saturated rings. The molecule has 47 heavy (non-hydrogen) atoms. The molecule has 0 heterocycles. The van der Waals surface area contributed by atoms with Crippen molar-refractivity contribution in [3.05, 3.63) is 113 Å². The minimum atomic E-state index is -3.54. The Morgan fingerprint density at radius 1 is 0.894 bits per heavy atom. The molecule has 0 spiro atoms. The number of nitrogens with one attached hydrogen (secondary N) is 1. The molecular weight excluding hydrogens is 626 g/mol. The molecule has 4 rings (SSSR count). The van der Waals surface area contributed by atoms with Crippen molar-refractivity contribution in [2.24, 2.45) is 0 Å². The summed E-state index contributed by atoms with van der Waals surface area (Å²) in [5.41, 5.74) is 3.78. The summed E-state index contributed by atoms with van der Waals surface area (Å²) >= 11 is 0. The van der Waals surface area contributed by atoms with E-state index in [-0.39, 0.29) is 12.1 Å². The molecule has 0 aromatic heterocycles. The van der Waals surface area contributed by atoms with Gasteiger partial charge in [-0.15, -0.1) is 0 Å². The van der Waals surface area contributed by atoms with Gasteiger partial charge in [0.1, 0.15) is 28.9 Å². The van der Waals surface area contributed by atoms with Crippen molar-refractivity contribution in [1.82, 2.24) is 0 Å². The Kier molecular flexibility index (Phi) is 12.2. The van der Waals surface area contributed by atoms with E-state index in [4.69, 9.17) is 14.6 Å². The van der Waals surface area contributed by atoms with E-state index in [1.807, 2.05) is 35.2 Å². The van der Waals surface area contributed by atoms with Crippen LogP contribution in [-0.2, 0) is 34.3 Å². The van der Waals surface area contributed by atoms with E-state index in [1.54, 1.807) is 37.3 Å². The van der Waals surface area contributed by atoms with E-state index < -0.39 is 34.2 Å². The molecule has 0 unspecified atom stereocenters. The summed E-state index contributed by atoms with van der Waals surface area (Å²) in [5.74, 6) is -0.903. The van der Waals surface area contributed by atoms with Crippen LogP contribution >= 0.6 is 0 Å².